The van der Waals surface area contributed by atoms with Crippen LogP contribution in [0.4, 0.5) is 0 Å². The minimum atomic E-state index is -1.06. The fourth-order valence-electron chi connectivity index (χ4n) is 1.84. The van der Waals surface area contributed by atoms with Crippen LogP contribution in [0.1, 0.15) is 5.56 Å². The summed E-state index contributed by atoms with van der Waals surface area (Å²) >= 11 is 7.99. The SMILES string of the molecule is CN=C1S/C(=C/c2cc(Br)c(OCC(=O)O)c(Br)c2)C(=O)N1C. The predicted molar refractivity (Wildman–Crippen MR) is 96.7 cm³/mol. The summed E-state index contributed by atoms with van der Waals surface area (Å²) in [6.45, 7) is -0.437. The van der Waals surface area contributed by atoms with Crippen LogP contribution in [0.15, 0.2) is 31.0 Å². The summed E-state index contributed by atoms with van der Waals surface area (Å²) in [5.74, 6) is -0.778. The number of carboxylic acid groups (broad SMARTS) is 1. The van der Waals surface area contributed by atoms with Gasteiger partial charge in [-0.3, -0.25) is 14.7 Å². The van der Waals surface area contributed by atoms with E-state index in [1.807, 2.05) is 0 Å². The molecule has 1 aliphatic rings. The number of nitrogens with zero attached hydrogens (tertiary/aromatic N) is 2. The van der Waals surface area contributed by atoms with E-state index in [4.69, 9.17) is 9.84 Å². The van der Waals surface area contributed by atoms with Crippen LogP contribution in [0.3, 0.4) is 0 Å². The Kier molecular flexibility index (Phi) is 5.88. The lowest BCUT2D eigenvalue weighted by molar-refractivity contribution is -0.139. The number of aliphatic imine (C=N–C) groups is 1. The van der Waals surface area contributed by atoms with Crippen LogP contribution in [-0.4, -0.2) is 47.8 Å². The molecule has 1 amide bonds. The molecule has 1 heterocycles. The van der Waals surface area contributed by atoms with Gasteiger partial charge in [-0.05, 0) is 67.4 Å². The van der Waals surface area contributed by atoms with Crippen molar-refractivity contribution >= 4 is 66.7 Å². The Morgan fingerprint density at radius 2 is 2.04 bits per heavy atom. The lowest BCUT2D eigenvalue weighted by Crippen LogP contribution is -2.23. The normalized spacial score (nSPS) is 18.1. The number of benzene rings is 1. The number of thioether (sulfide) groups is 1. The molecule has 1 aliphatic heterocycles. The van der Waals surface area contributed by atoms with Crippen molar-refractivity contribution in [3.8, 4) is 5.75 Å². The maximum atomic E-state index is 12.1. The number of rotatable bonds is 4. The van der Waals surface area contributed by atoms with Crippen molar-refractivity contribution in [1.82, 2.24) is 4.90 Å². The molecular weight excluding hydrogens is 452 g/mol. The van der Waals surface area contributed by atoms with E-state index in [0.29, 0.717) is 24.8 Å². The van der Waals surface area contributed by atoms with Gasteiger partial charge in [-0.25, -0.2) is 4.79 Å². The third-order valence-corrected chi connectivity index (χ3v) is 5.18. The second-order valence-corrected chi connectivity index (χ2v) is 7.19. The number of hydrogen-bond acceptors (Lipinski definition) is 5. The van der Waals surface area contributed by atoms with Crippen LogP contribution >= 0.6 is 43.6 Å². The smallest absolute Gasteiger partial charge is 0.341 e. The minimum Gasteiger partial charge on any atom is -0.480 e. The molecule has 0 bridgehead atoms. The monoisotopic (exact) mass is 462 g/mol. The molecule has 0 aliphatic carbocycles. The molecule has 0 unspecified atom stereocenters. The van der Waals surface area contributed by atoms with Gasteiger partial charge in [0.2, 0.25) is 0 Å². The Morgan fingerprint density at radius 1 is 1.43 bits per heavy atom. The first kappa shape index (κ1) is 18.0. The number of amidine groups is 1. The van der Waals surface area contributed by atoms with Crippen LogP contribution in [-0.2, 0) is 9.59 Å². The Morgan fingerprint density at radius 3 is 2.52 bits per heavy atom. The molecule has 6 nitrogen and oxygen atoms in total. The van der Waals surface area contributed by atoms with E-state index >= 15 is 0 Å². The summed E-state index contributed by atoms with van der Waals surface area (Å²) in [6, 6.07) is 3.51. The highest BCUT2D eigenvalue weighted by molar-refractivity contribution is 9.11. The molecule has 0 atom stereocenters. The summed E-state index contributed by atoms with van der Waals surface area (Å²) in [4.78, 5) is 28.8. The van der Waals surface area contributed by atoms with Gasteiger partial charge < -0.3 is 9.84 Å². The molecule has 122 valence electrons. The van der Waals surface area contributed by atoms with E-state index in [9.17, 15) is 9.59 Å². The van der Waals surface area contributed by atoms with Crippen LogP contribution in [0.2, 0.25) is 0 Å². The molecule has 0 radical (unpaired) electrons. The van der Waals surface area contributed by atoms with Gasteiger partial charge in [-0.2, -0.15) is 0 Å². The topological polar surface area (TPSA) is 79.2 Å². The standard InChI is InChI=1S/C14H12Br2N2O4S/c1-17-14-18(2)13(21)10(23-14)5-7-3-8(15)12(9(16)4-7)22-6-11(19)20/h3-5H,6H2,1-2H3,(H,19,20)/b10-5+,17-14?. The van der Waals surface area contributed by atoms with E-state index in [1.54, 1.807) is 32.3 Å². The minimum absolute atomic E-state index is 0.117. The molecule has 1 fully saturated rings. The fourth-order valence-corrected chi connectivity index (χ4v) is 4.21. The number of amides is 1. The van der Waals surface area contributed by atoms with Gasteiger partial charge in [0.15, 0.2) is 11.8 Å². The quantitative estimate of drug-likeness (QED) is 0.693. The van der Waals surface area contributed by atoms with Crippen LogP contribution in [0.5, 0.6) is 5.75 Å². The van der Waals surface area contributed by atoms with Gasteiger partial charge in [0.25, 0.3) is 5.91 Å². The van der Waals surface area contributed by atoms with Crippen molar-refractivity contribution in [1.29, 1.82) is 0 Å². The number of aliphatic carboxylic acids is 1. The molecular formula is C14H12Br2N2O4S. The lowest BCUT2D eigenvalue weighted by atomic mass is 10.2. The Labute approximate surface area is 153 Å². The van der Waals surface area contributed by atoms with E-state index in [-0.39, 0.29) is 5.91 Å². The number of carboxylic acids is 1. The molecule has 23 heavy (non-hydrogen) atoms. The first-order chi connectivity index (χ1) is 10.8. The average Bonchev–Trinajstić information content (AvgIpc) is 2.74. The number of likely N-dealkylation sites (N-methyl/N-ethyl adjacent to an activating group) is 1. The summed E-state index contributed by atoms with van der Waals surface area (Å²) in [5.41, 5.74) is 0.771. The van der Waals surface area contributed by atoms with Crippen molar-refractivity contribution in [2.75, 3.05) is 20.7 Å². The Balaban J connectivity index is 2.30. The van der Waals surface area contributed by atoms with Crippen molar-refractivity contribution in [3.05, 3.63) is 31.5 Å². The summed E-state index contributed by atoms with van der Waals surface area (Å²) < 4.78 is 6.39. The average molecular weight is 464 g/mol. The van der Waals surface area contributed by atoms with Gasteiger partial charge in [0, 0.05) is 14.1 Å². The Bertz CT molecular complexity index is 710. The third-order valence-electron chi connectivity index (χ3n) is 2.85. The zero-order valence-corrected chi connectivity index (χ0v) is 16.2. The molecule has 1 N–H and O–H groups in total. The van der Waals surface area contributed by atoms with Gasteiger partial charge in [0.05, 0.1) is 13.9 Å². The fraction of sp³-hybridized carbons (Fsp3) is 0.214. The van der Waals surface area contributed by atoms with E-state index in [0.717, 1.165) is 5.56 Å². The highest BCUT2D eigenvalue weighted by Crippen LogP contribution is 2.37. The van der Waals surface area contributed by atoms with Crippen molar-refractivity contribution < 1.29 is 19.4 Å². The van der Waals surface area contributed by atoms with E-state index < -0.39 is 12.6 Å². The predicted octanol–water partition coefficient (Wildman–Crippen LogP) is 3.21. The molecule has 0 spiro atoms. The molecule has 2 rings (SSSR count). The second kappa shape index (κ2) is 7.50. The third kappa shape index (κ3) is 4.15. The first-order valence-electron chi connectivity index (χ1n) is 6.31. The zero-order chi connectivity index (χ0) is 17.1. The van der Waals surface area contributed by atoms with E-state index in [1.165, 1.54) is 16.7 Å². The maximum absolute atomic E-state index is 12.1. The van der Waals surface area contributed by atoms with E-state index in [2.05, 4.69) is 36.9 Å². The van der Waals surface area contributed by atoms with Crippen LogP contribution in [0, 0.1) is 0 Å². The summed E-state index contributed by atoms with van der Waals surface area (Å²) in [6.07, 6.45) is 1.75. The number of carbonyl (C=O) groups is 2. The molecule has 0 aromatic heterocycles. The number of hydrogen-bond donors (Lipinski definition) is 1. The van der Waals surface area contributed by atoms with Crippen molar-refractivity contribution in [2.24, 2.45) is 4.99 Å². The van der Waals surface area contributed by atoms with Gasteiger partial charge in [-0.15, -0.1) is 0 Å². The molecule has 1 aromatic rings. The maximum Gasteiger partial charge on any atom is 0.341 e. The highest BCUT2D eigenvalue weighted by Gasteiger charge is 2.29. The summed E-state index contributed by atoms with van der Waals surface area (Å²) in [5, 5.41) is 9.32. The van der Waals surface area contributed by atoms with Gasteiger partial charge in [0.1, 0.15) is 5.75 Å². The molecule has 9 heteroatoms. The highest BCUT2D eigenvalue weighted by atomic mass is 79.9. The molecule has 1 saturated heterocycles. The summed E-state index contributed by atoms with van der Waals surface area (Å²) in [7, 11) is 3.31. The second-order valence-electron chi connectivity index (χ2n) is 4.48. The number of ether oxygens (including phenoxy) is 1. The lowest BCUT2D eigenvalue weighted by Gasteiger charge is -2.09. The van der Waals surface area contributed by atoms with Crippen molar-refractivity contribution in [3.63, 3.8) is 0 Å². The molecule has 0 saturated carbocycles. The van der Waals surface area contributed by atoms with Crippen LogP contribution < -0.4 is 4.74 Å². The number of halogens is 2. The van der Waals surface area contributed by atoms with Gasteiger partial charge in [-0.1, -0.05) is 0 Å². The zero-order valence-electron chi connectivity index (χ0n) is 12.2. The van der Waals surface area contributed by atoms with Gasteiger partial charge >= 0.3 is 5.97 Å². The Hall–Kier alpha value is -1.32. The number of carbonyl (C=O) groups excluding carboxylic acids is 1. The first-order valence-corrected chi connectivity index (χ1v) is 8.71. The molecule has 1 aromatic carbocycles. The van der Waals surface area contributed by atoms with Crippen molar-refractivity contribution in [2.45, 2.75) is 0 Å². The largest absolute Gasteiger partial charge is 0.480 e. The van der Waals surface area contributed by atoms with Crippen LogP contribution in [0.25, 0.3) is 6.08 Å².